The summed E-state index contributed by atoms with van der Waals surface area (Å²) >= 11 is 0. The van der Waals surface area contributed by atoms with Crippen LogP contribution in [0.5, 0.6) is 0 Å². The summed E-state index contributed by atoms with van der Waals surface area (Å²) < 4.78 is 26.7. The molecule has 1 aliphatic rings. The molecule has 0 aliphatic heterocycles. The normalized spacial score (nSPS) is 22.1. The number of hydrogen-bond donors (Lipinski definition) is 2. The number of sulfonamides is 1. The second-order valence-electron chi connectivity index (χ2n) is 4.92. The molecule has 8 nitrogen and oxygen atoms in total. The second kappa shape index (κ2) is 5.78. The molecule has 0 heterocycles. The highest BCUT2D eigenvalue weighted by atomic mass is 32.2. The maximum Gasteiger partial charge on any atom is 0.306 e. The summed E-state index contributed by atoms with van der Waals surface area (Å²) in [6.45, 7) is 0. The molecule has 2 atom stereocenters. The molecule has 0 radical (unpaired) electrons. The first-order chi connectivity index (χ1) is 9.79. The summed E-state index contributed by atoms with van der Waals surface area (Å²) in [5, 5.41) is 19.6. The summed E-state index contributed by atoms with van der Waals surface area (Å²) in [7, 11) is -3.90. The number of carbonyl (C=O) groups is 1. The molecule has 0 bridgehead atoms. The average molecular weight is 314 g/mol. The molecule has 0 unspecified atom stereocenters. The minimum atomic E-state index is -3.90. The molecular weight excluding hydrogens is 300 g/mol. The van der Waals surface area contributed by atoms with Crippen molar-refractivity contribution in [1.82, 2.24) is 4.72 Å². The van der Waals surface area contributed by atoms with Crippen LogP contribution in [0.25, 0.3) is 0 Å². The number of nitrogens with zero attached hydrogens (tertiary/aromatic N) is 1. The SMILES string of the molecule is O=C(O)[C@@H]1CC[C@H](NS(=O)(=O)c2cccc([N+](=O)[O-])c2)C1. The van der Waals surface area contributed by atoms with Gasteiger partial charge in [0.05, 0.1) is 15.7 Å². The third-order valence-corrected chi connectivity index (χ3v) is 4.96. The van der Waals surface area contributed by atoms with E-state index in [1.807, 2.05) is 0 Å². The number of nitrogens with one attached hydrogen (secondary N) is 1. The van der Waals surface area contributed by atoms with Gasteiger partial charge in [-0.1, -0.05) is 6.07 Å². The van der Waals surface area contributed by atoms with E-state index in [9.17, 15) is 23.3 Å². The molecule has 1 aromatic carbocycles. The highest BCUT2D eigenvalue weighted by Crippen LogP contribution is 2.27. The van der Waals surface area contributed by atoms with E-state index in [2.05, 4.69) is 4.72 Å². The lowest BCUT2D eigenvalue weighted by Crippen LogP contribution is -2.33. The van der Waals surface area contributed by atoms with Crippen LogP contribution in [0, 0.1) is 16.0 Å². The molecule has 1 saturated carbocycles. The first kappa shape index (κ1) is 15.4. The lowest BCUT2D eigenvalue weighted by Gasteiger charge is -2.12. The average Bonchev–Trinajstić information content (AvgIpc) is 2.87. The molecule has 114 valence electrons. The van der Waals surface area contributed by atoms with E-state index < -0.39 is 32.9 Å². The van der Waals surface area contributed by atoms with Crippen LogP contribution in [-0.2, 0) is 14.8 Å². The molecule has 1 aliphatic carbocycles. The number of benzene rings is 1. The Hall–Kier alpha value is -2.00. The maximum absolute atomic E-state index is 12.2. The quantitative estimate of drug-likeness (QED) is 0.619. The van der Waals surface area contributed by atoms with Crippen molar-refractivity contribution in [1.29, 1.82) is 0 Å². The third kappa shape index (κ3) is 3.56. The van der Waals surface area contributed by atoms with Gasteiger partial charge < -0.3 is 5.11 Å². The number of hydrogen-bond acceptors (Lipinski definition) is 5. The molecule has 0 amide bonds. The van der Waals surface area contributed by atoms with Crippen LogP contribution in [0.2, 0.25) is 0 Å². The third-order valence-electron chi connectivity index (χ3n) is 3.44. The molecule has 0 saturated heterocycles. The first-order valence-corrected chi connectivity index (χ1v) is 7.77. The van der Waals surface area contributed by atoms with Gasteiger partial charge in [-0.3, -0.25) is 14.9 Å². The number of carboxylic acid groups (broad SMARTS) is 1. The molecular formula is C12H14N2O6S. The van der Waals surface area contributed by atoms with Crippen molar-refractivity contribution in [3.63, 3.8) is 0 Å². The van der Waals surface area contributed by atoms with E-state index >= 15 is 0 Å². The van der Waals surface area contributed by atoms with Gasteiger partial charge in [-0.05, 0) is 25.3 Å². The predicted octanol–water partition coefficient (Wildman–Crippen LogP) is 1.13. The molecule has 0 spiro atoms. The Labute approximate surface area is 121 Å². The Morgan fingerprint density at radius 2 is 2.10 bits per heavy atom. The van der Waals surface area contributed by atoms with Crippen molar-refractivity contribution >= 4 is 21.7 Å². The Bertz CT molecular complexity index is 672. The van der Waals surface area contributed by atoms with E-state index in [0.29, 0.717) is 12.8 Å². The highest BCUT2D eigenvalue weighted by molar-refractivity contribution is 7.89. The van der Waals surface area contributed by atoms with E-state index in [0.717, 1.165) is 6.07 Å². The zero-order chi connectivity index (χ0) is 15.6. The number of nitro groups is 1. The van der Waals surface area contributed by atoms with Gasteiger partial charge in [0.1, 0.15) is 0 Å². The summed E-state index contributed by atoms with van der Waals surface area (Å²) in [4.78, 5) is 20.6. The minimum Gasteiger partial charge on any atom is -0.481 e. The van der Waals surface area contributed by atoms with E-state index in [4.69, 9.17) is 5.11 Å². The van der Waals surface area contributed by atoms with Crippen LogP contribution in [0.15, 0.2) is 29.2 Å². The standard InChI is InChI=1S/C12H14N2O6S/c15-12(16)8-4-5-9(6-8)13-21(19,20)11-3-1-2-10(7-11)14(17)18/h1-3,7-9,13H,4-6H2,(H,15,16)/t8-,9+/m1/s1. The van der Waals surface area contributed by atoms with Crippen molar-refractivity contribution < 1.29 is 23.2 Å². The largest absolute Gasteiger partial charge is 0.481 e. The van der Waals surface area contributed by atoms with Crippen LogP contribution < -0.4 is 4.72 Å². The zero-order valence-corrected chi connectivity index (χ0v) is 11.7. The Balaban J connectivity index is 2.14. The van der Waals surface area contributed by atoms with Gasteiger partial charge >= 0.3 is 5.97 Å². The molecule has 1 fully saturated rings. The van der Waals surface area contributed by atoms with Crippen molar-refractivity contribution in [2.75, 3.05) is 0 Å². The molecule has 0 aromatic heterocycles. The van der Waals surface area contributed by atoms with Crippen molar-refractivity contribution in [2.45, 2.75) is 30.2 Å². The molecule has 2 N–H and O–H groups in total. The topological polar surface area (TPSA) is 127 Å². The predicted molar refractivity (Wildman–Crippen MR) is 72.2 cm³/mol. The number of non-ortho nitro benzene ring substituents is 1. The number of nitro benzene ring substituents is 1. The van der Waals surface area contributed by atoms with Gasteiger partial charge in [-0.2, -0.15) is 0 Å². The van der Waals surface area contributed by atoms with Crippen molar-refractivity contribution in [3.05, 3.63) is 34.4 Å². The monoisotopic (exact) mass is 314 g/mol. The molecule has 2 rings (SSSR count). The highest BCUT2D eigenvalue weighted by Gasteiger charge is 2.32. The number of rotatable bonds is 5. The van der Waals surface area contributed by atoms with Gasteiger partial charge in [-0.15, -0.1) is 0 Å². The number of aliphatic carboxylic acids is 1. The summed E-state index contributed by atoms with van der Waals surface area (Å²) in [6.07, 6.45) is 1.08. The van der Waals surface area contributed by atoms with Crippen LogP contribution in [-0.4, -0.2) is 30.5 Å². The zero-order valence-electron chi connectivity index (χ0n) is 10.9. The van der Waals surface area contributed by atoms with Gasteiger partial charge in [0.15, 0.2) is 0 Å². The lowest BCUT2D eigenvalue weighted by atomic mass is 10.1. The molecule has 9 heteroatoms. The minimum absolute atomic E-state index is 0.199. The Morgan fingerprint density at radius 1 is 1.38 bits per heavy atom. The van der Waals surface area contributed by atoms with Gasteiger partial charge in [0.2, 0.25) is 10.0 Å². The Morgan fingerprint density at radius 3 is 2.67 bits per heavy atom. The van der Waals surface area contributed by atoms with Crippen molar-refractivity contribution in [2.24, 2.45) is 5.92 Å². The second-order valence-corrected chi connectivity index (χ2v) is 6.63. The maximum atomic E-state index is 12.2. The summed E-state index contributed by atoms with van der Waals surface area (Å²) in [5.41, 5.74) is -0.312. The summed E-state index contributed by atoms with van der Waals surface area (Å²) in [5.74, 6) is -1.49. The van der Waals surface area contributed by atoms with Crippen LogP contribution in [0.3, 0.4) is 0 Å². The molecule has 21 heavy (non-hydrogen) atoms. The molecule has 1 aromatic rings. The van der Waals surface area contributed by atoms with Gasteiger partial charge in [0, 0.05) is 18.2 Å². The fraction of sp³-hybridized carbons (Fsp3) is 0.417. The fourth-order valence-corrected chi connectivity index (χ4v) is 3.69. The van der Waals surface area contributed by atoms with Crippen LogP contribution in [0.1, 0.15) is 19.3 Å². The van der Waals surface area contributed by atoms with Gasteiger partial charge in [-0.25, -0.2) is 13.1 Å². The van der Waals surface area contributed by atoms with E-state index in [1.165, 1.54) is 18.2 Å². The summed E-state index contributed by atoms with van der Waals surface area (Å²) in [6, 6.07) is 4.27. The van der Waals surface area contributed by atoms with Crippen LogP contribution in [0.4, 0.5) is 5.69 Å². The number of carboxylic acids is 1. The first-order valence-electron chi connectivity index (χ1n) is 6.29. The van der Waals surface area contributed by atoms with E-state index in [-0.39, 0.29) is 17.0 Å². The van der Waals surface area contributed by atoms with Crippen LogP contribution >= 0.6 is 0 Å². The van der Waals surface area contributed by atoms with E-state index in [1.54, 1.807) is 0 Å². The lowest BCUT2D eigenvalue weighted by molar-refractivity contribution is -0.385. The van der Waals surface area contributed by atoms with Gasteiger partial charge in [0.25, 0.3) is 5.69 Å². The fourth-order valence-electron chi connectivity index (χ4n) is 2.36. The smallest absolute Gasteiger partial charge is 0.306 e. The Kier molecular flexibility index (Phi) is 4.24. The van der Waals surface area contributed by atoms with Crippen molar-refractivity contribution in [3.8, 4) is 0 Å².